The molecule has 3 aromatic rings. The molecule has 0 aliphatic carbocycles. The van der Waals surface area contributed by atoms with Crippen LogP contribution < -0.4 is 10.1 Å². The van der Waals surface area contributed by atoms with Gasteiger partial charge in [-0.2, -0.15) is 0 Å². The van der Waals surface area contributed by atoms with Crippen LogP contribution in [0, 0.1) is 0 Å². The molecule has 0 spiro atoms. The zero-order chi connectivity index (χ0) is 28.6. The number of ether oxygens (including phenoxy) is 2. The minimum Gasteiger partial charge on any atom is -0.489 e. The van der Waals surface area contributed by atoms with Crippen molar-refractivity contribution in [3.05, 3.63) is 131 Å². The Hall–Kier alpha value is -4.63. The third-order valence-electron chi connectivity index (χ3n) is 6.56. The molecule has 1 aromatic heterocycles. The summed E-state index contributed by atoms with van der Waals surface area (Å²) in [6.07, 6.45) is 5.03. The van der Waals surface area contributed by atoms with E-state index in [1.807, 2.05) is 77.0 Å². The average molecular weight is 567 g/mol. The fraction of sp³-hybridized carbons (Fsp3) is 0.188. The number of aliphatic imine (C=N–C) groups is 1. The quantitative estimate of drug-likeness (QED) is 0.236. The van der Waals surface area contributed by atoms with Crippen LogP contribution in [0.1, 0.15) is 36.1 Å². The van der Waals surface area contributed by atoms with Gasteiger partial charge in [0.2, 0.25) is 5.91 Å². The number of hydrogen-bond donors (Lipinski definition) is 1. The maximum Gasteiger partial charge on any atom is 0.338 e. The molecule has 2 aromatic carbocycles. The van der Waals surface area contributed by atoms with Gasteiger partial charge in [-0.1, -0.05) is 66.9 Å². The predicted octanol–water partition coefficient (Wildman–Crippen LogP) is 5.67. The van der Waals surface area contributed by atoms with Gasteiger partial charge in [-0.3, -0.25) is 9.78 Å². The van der Waals surface area contributed by atoms with Gasteiger partial charge >= 0.3 is 5.97 Å². The molecule has 0 radical (unpaired) electrons. The molecule has 9 heteroatoms. The lowest BCUT2D eigenvalue weighted by atomic mass is 9.93. The standard InChI is InChI=1S/C32H30N4O4S/c1-3-16-39-31(38)29-22(2)35-32-36(26(21-41-32)18-28(37)34-19-23-12-14-33-15-13-23)30(29)25-10-7-11-27(17-25)40-20-24-8-5-4-6-9-24/h3-15,17,21,30H,1,16,18-20H2,2H3,(H,34,37). The zero-order valence-corrected chi connectivity index (χ0v) is 23.5. The second kappa shape index (κ2) is 13.1. The van der Waals surface area contributed by atoms with E-state index in [0.717, 1.165) is 22.4 Å². The van der Waals surface area contributed by atoms with E-state index in [0.29, 0.717) is 35.3 Å². The van der Waals surface area contributed by atoms with Crippen LogP contribution in [-0.4, -0.2) is 33.5 Å². The maximum atomic E-state index is 13.4. The van der Waals surface area contributed by atoms with Gasteiger partial charge in [0.1, 0.15) is 19.0 Å². The summed E-state index contributed by atoms with van der Waals surface area (Å²) >= 11 is 1.43. The number of carbonyl (C=O) groups excluding carboxylic acids is 2. The van der Waals surface area contributed by atoms with Crippen LogP contribution in [0.25, 0.3) is 0 Å². The zero-order valence-electron chi connectivity index (χ0n) is 22.7. The van der Waals surface area contributed by atoms with Gasteiger partial charge in [-0.15, -0.1) is 0 Å². The molecule has 41 heavy (non-hydrogen) atoms. The van der Waals surface area contributed by atoms with Crippen LogP contribution in [0.3, 0.4) is 0 Å². The van der Waals surface area contributed by atoms with E-state index >= 15 is 0 Å². The fourth-order valence-corrected chi connectivity index (χ4v) is 5.57. The van der Waals surface area contributed by atoms with Crippen molar-refractivity contribution < 1.29 is 19.1 Å². The van der Waals surface area contributed by atoms with Crippen LogP contribution in [0.2, 0.25) is 0 Å². The highest BCUT2D eigenvalue weighted by atomic mass is 32.2. The monoisotopic (exact) mass is 566 g/mol. The third-order valence-corrected chi connectivity index (χ3v) is 7.44. The molecule has 0 fully saturated rings. The lowest BCUT2D eigenvalue weighted by Crippen LogP contribution is -2.38. The SMILES string of the molecule is C=CCOC(=O)C1=C(C)N=C2SC=C(CC(=O)NCc3ccncc3)N2C1c1cccc(OCc2ccccc2)c1. The number of fused-ring (bicyclic) bond motifs is 1. The Kier molecular flexibility index (Phi) is 8.95. The van der Waals surface area contributed by atoms with Gasteiger partial charge in [-0.05, 0) is 53.3 Å². The summed E-state index contributed by atoms with van der Waals surface area (Å²) in [5.41, 5.74) is 4.53. The van der Waals surface area contributed by atoms with Crippen LogP contribution in [0.5, 0.6) is 5.75 Å². The largest absolute Gasteiger partial charge is 0.489 e. The summed E-state index contributed by atoms with van der Waals surface area (Å²) in [5.74, 6) is 0.0409. The molecule has 1 N–H and O–H groups in total. The second-order valence-corrected chi connectivity index (χ2v) is 10.3. The molecule has 0 saturated heterocycles. The van der Waals surface area contributed by atoms with Crippen molar-refractivity contribution >= 4 is 28.8 Å². The van der Waals surface area contributed by atoms with Gasteiger partial charge in [-0.25, -0.2) is 9.79 Å². The lowest BCUT2D eigenvalue weighted by molar-refractivity contribution is -0.138. The molecule has 2 aliphatic rings. The number of aromatic nitrogens is 1. The lowest BCUT2D eigenvalue weighted by Gasteiger charge is -2.36. The molecule has 1 amide bonds. The van der Waals surface area contributed by atoms with Crippen molar-refractivity contribution in [1.29, 1.82) is 0 Å². The Bertz CT molecular complexity index is 1520. The molecule has 0 bridgehead atoms. The summed E-state index contributed by atoms with van der Waals surface area (Å²) < 4.78 is 11.6. The van der Waals surface area contributed by atoms with Crippen molar-refractivity contribution in [3.63, 3.8) is 0 Å². The highest BCUT2D eigenvalue weighted by Gasteiger charge is 2.41. The summed E-state index contributed by atoms with van der Waals surface area (Å²) in [7, 11) is 0. The van der Waals surface area contributed by atoms with Crippen LogP contribution in [0.15, 0.2) is 119 Å². The minimum absolute atomic E-state index is 0.0774. The molecule has 5 rings (SSSR count). The number of rotatable bonds is 11. The molecule has 1 unspecified atom stereocenters. The topological polar surface area (TPSA) is 93.1 Å². The number of esters is 1. The number of amides is 1. The second-order valence-electron chi connectivity index (χ2n) is 9.44. The number of allylic oxidation sites excluding steroid dienone is 1. The first-order chi connectivity index (χ1) is 20.0. The smallest absolute Gasteiger partial charge is 0.338 e. The number of thioether (sulfide) groups is 1. The van der Waals surface area contributed by atoms with E-state index in [-0.39, 0.29) is 18.9 Å². The Morgan fingerprint density at radius 2 is 1.88 bits per heavy atom. The van der Waals surface area contributed by atoms with Crippen molar-refractivity contribution in [1.82, 2.24) is 15.2 Å². The summed E-state index contributed by atoms with van der Waals surface area (Å²) in [6, 6.07) is 20.7. The fourth-order valence-electron chi connectivity index (χ4n) is 4.60. The summed E-state index contributed by atoms with van der Waals surface area (Å²) in [6.45, 7) is 6.34. The Labute approximate surface area is 243 Å². The summed E-state index contributed by atoms with van der Waals surface area (Å²) in [4.78, 5) is 37.0. The van der Waals surface area contributed by atoms with E-state index in [1.54, 1.807) is 19.3 Å². The van der Waals surface area contributed by atoms with E-state index in [4.69, 9.17) is 14.5 Å². The highest BCUT2D eigenvalue weighted by Crippen LogP contribution is 2.45. The van der Waals surface area contributed by atoms with Crippen LogP contribution in [-0.2, 0) is 27.5 Å². The Balaban J connectivity index is 1.42. The predicted molar refractivity (Wildman–Crippen MR) is 159 cm³/mol. The molecule has 1 atom stereocenters. The van der Waals surface area contributed by atoms with Crippen molar-refractivity contribution in [2.75, 3.05) is 6.61 Å². The first kappa shape index (κ1) is 27.9. The van der Waals surface area contributed by atoms with Crippen LogP contribution in [0.4, 0.5) is 0 Å². The van der Waals surface area contributed by atoms with Crippen molar-refractivity contribution in [2.24, 2.45) is 4.99 Å². The molecule has 208 valence electrons. The first-order valence-electron chi connectivity index (χ1n) is 13.2. The minimum atomic E-state index is -0.561. The van der Waals surface area contributed by atoms with Crippen molar-refractivity contribution in [3.8, 4) is 5.75 Å². The van der Waals surface area contributed by atoms with Gasteiger partial charge < -0.3 is 19.7 Å². The van der Waals surface area contributed by atoms with Crippen molar-refractivity contribution in [2.45, 2.75) is 32.5 Å². The van der Waals surface area contributed by atoms with E-state index in [2.05, 4.69) is 16.9 Å². The molecule has 3 heterocycles. The normalized spacial score (nSPS) is 15.9. The van der Waals surface area contributed by atoms with Crippen LogP contribution >= 0.6 is 11.8 Å². The number of nitrogens with zero attached hydrogens (tertiary/aromatic N) is 3. The Morgan fingerprint density at radius 1 is 1.07 bits per heavy atom. The van der Waals surface area contributed by atoms with Gasteiger partial charge in [0.15, 0.2) is 5.17 Å². The van der Waals surface area contributed by atoms with E-state index < -0.39 is 12.0 Å². The van der Waals surface area contributed by atoms with Gasteiger partial charge in [0.05, 0.1) is 23.7 Å². The van der Waals surface area contributed by atoms with Gasteiger partial charge in [0, 0.05) is 24.6 Å². The molecule has 8 nitrogen and oxygen atoms in total. The number of amidine groups is 1. The number of hydrogen-bond acceptors (Lipinski definition) is 8. The van der Waals surface area contributed by atoms with E-state index in [9.17, 15) is 9.59 Å². The summed E-state index contributed by atoms with van der Waals surface area (Å²) in [5, 5.41) is 5.58. The van der Waals surface area contributed by atoms with Gasteiger partial charge in [0.25, 0.3) is 0 Å². The molecular weight excluding hydrogens is 536 g/mol. The highest BCUT2D eigenvalue weighted by molar-refractivity contribution is 8.16. The average Bonchev–Trinajstić information content (AvgIpc) is 3.39. The number of carbonyl (C=O) groups is 2. The first-order valence-corrected chi connectivity index (χ1v) is 14.1. The third kappa shape index (κ3) is 6.75. The van der Waals surface area contributed by atoms with E-state index in [1.165, 1.54) is 17.8 Å². The maximum absolute atomic E-state index is 13.4. The number of nitrogens with one attached hydrogen (secondary N) is 1. The molecule has 0 saturated carbocycles. The molecule has 2 aliphatic heterocycles. The number of pyridine rings is 1. The number of benzene rings is 2. The molecular formula is C32H30N4O4S. The Morgan fingerprint density at radius 3 is 2.66 bits per heavy atom.